The summed E-state index contributed by atoms with van der Waals surface area (Å²) in [6.45, 7) is 0. The lowest BCUT2D eigenvalue weighted by atomic mass is 10.5. The molecular formula is C6H6ClNO5. The molecule has 0 saturated heterocycles. The zero-order valence-corrected chi connectivity index (χ0v) is 7.06. The average Bonchev–Trinajstić information content (AvgIpc) is 2.37. The Bertz CT molecular complexity index is 259. The van der Waals surface area contributed by atoms with Crippen molar-refractivity contribution in [2.24, 2.45) is 0 Å². The number of nitrogens with zero attached hydrogens (tertiary/aromatic N) is 1. The van der Waals surface area contributed by atoms with Crippen LogP contribution in [0, 0.1) is 0 Å². The molecule has 0 atom stereocenters. The molecule has 0 saturated carbocycles. The van der Waals surface area contributed by atoms with Crippen LogP contribution in [0.5, 0.6) is 0 Å². The van der Waals surface area contributed by atoms with E-state index in [0.717, 1.165) is 0 Å². The molecule has 0 aliphatic carbocycles. The Morgan fingerprint density at radius 1 is 1.46 bits per heavy atom. The lowest BCUT2D eigenvalue weighted by Crippen LogP contribution is -2.03. The van der Waals surface area contributed by atoms with Crippen molar-refractivity contribution in [3.8, 4) is 0 Å². The maximum absolute atomic E-state index is 9.43. The van der Waals surface area contributed by atoms with E-state index >= 15 is 0 Å². The molecule has 72 valence electrons. The van der Waals surface area contributed by atoms with Crippen molar-refractivity contribution in [1.82, 2.24) is 5.16 Å². The molecule has 1 rings (SSSR count). The minimum absolute atomic E-state index is 0.329. The third-order valence-electron chi connectivity index (χ3n) is 0.709. The second-order valence-electron chi connectivity index (χ2n) is 1.78. The Kier molecular flexibility index (Phi) is 5.29. The zero-order chi connectivity index (χ0) is 10.3. The Balaban J connectivity index is 0.000000223. The molecule has 0 unspecified atom stereocenters. The van der Waals surface area contributed by atoms with Crippen LogP contribution in [0.1, 0.15) is 6.42 Å². The van der Waals surface area contributed by atoms with E-state index in [1.807, 2.05) is 0 Å². The van der Waals surface area contributed by atoms with Crippen molar-refractivity contribution in [2.75, 3.05) is 0 Å². The summed E-state index contributed by atoms with van der Waals surface area (Å²) in [7, 11) is 0. The lowest BCUT2D eigenvalue weighted by Gasteiger charge is -1.80. The van der Waals surface area contributed by atoms with Crippen LogP contribution in [-0.2, 0) is 9.59 Å². The molecule has 0 aliphatic heterocycles. The van der Waals surface area contributed by atoms with E-state index < -0.39 is 18.4 Å². The molecule has 0 amide bonds. The van der Waals surface area contributed by atoms with Crippen LogP contribution in [0.3, 0.4) is 0 Å². The first-order valence-electron chi connectivity index (χ1n) is 3.02. The van der Waals surface area contributed by atoms with Gasteiger partial charge in [-0.15, -0.1) is 0 Å². The van der Waals surface area contributed by atoms with E-state index in [9.17, 15) is 9.59 Å². The van der Waals surface area contributed by atoms with E-state index in [4.69, 9.17) is 21.8 Å². The van der Waals surface area contributed by atoms with E-state index in [-0.39, 0.29) is 0 Å². The minimum Gasteiger partial charge on any atom is -0.481 e. The summed E-state index contributed by atoms with van der Waals surface area (Å²) < 4.78 is 4.35. The van der Waals surface area contributed by atoms with Crippen molar-refractivity contribution in [2.45, 2.75) is 6.42 Å². The summed E-state index contributed by atoms with van der Waals surface area (Å²) in [6.07, 6.45) is 0.683. The second-order valence-corrected chi connectivity index (χ2v) is 2.15. The number of halogens is 1. The summed E-state index contributed by atoms with van der Waals surface area (Å²) in [6, 6.07) is 1.57. The topological polar surface area (TPSA) is 101 Å². The highest BCUT2D eigenvalue weighted by Gasteiger charge is 2.01. The molecular weight excluding hydrogens is 202 g/mol. The maximum Gasteiger partial charge on any atom is 0.314 e. The number of hydrogen-bond donors (Lipinski definition) is 2. The van der Waals surface area contributed by atoms with Crippen LogP contribution in [0.15, 0.2) is 16.8 Å². The SMILES string of the molecule is Clc1ccno1.O=C(O)CC(=O)O. The van der Waals surface area contributed by atoms with Crippen molar-refractivity contribution in [1.29, 1.82) is 0 Å². The van der Waals surface area contributed by atoms with Crippen LogP contribution in [-0.4, -0.2) is 27.3 Å². The third kappa shape index (κ3) is 8.35. The monoisotopic (exact) mass is 207 g/mol. The Labute approximate surface area is 77.7 Å². The summed E-state index contributed by atoms with van der Waals surface area (Å²) in [5, 5.41) is 19.0. The van der Waals surface area contributed by atoms with Gasteiger partial charge in [0.15, 0.2) is 0 Å². The molecule has 13 heavy (non-hydrogen) atoms. The zero-order valence-electron chi connectivity index (χ0n) is 6.31. The normalized spacial score (nSPS) is 8.38. The van der Waals surface area contributed by atoms with Gasteiger partial charge in [-0.3, -0.25) is 9.59 Å². The van der Waals surface area contributed by atoms with E-state index in [1.165, 1.54) is 6.20 Å². The van der Waals surface area contributed by atoms with Crippen LogP contribution >= 0.6 is 11.6 Å². The van der Waals surface area contributed by atoms with E-state index in [1.54, 1.807) is 6.07 Å². The van der Waals surface area contributed by atoms with Gasteiger partial charge in [0.1, 0.15) is 6.42 Å². The van der Waals surface area contributed by atoms with Crippen molar-refractivity contribution >= 4 is 23.5 Å². The molecule has 0 aliphatic rings. The standard InChI is InChI=1S/C3H2ClNO.C3H4O4/c4-3-1-2-5-6-3;4-2(5)1-3(6)7/h1-2H;1H2,(H,4,5)(H,6,7). The largest absolute Gasteiger partial charge is 0.481 e. The van der Waals surface area contributed by atoms with Gasteiger partial charge in [-0.1, -0.05) is 5.16 Å². The van der Waals surface area contributed by atoms with Gasteiger partial charge in [0.25, 0.3) is 0 Å². The van der Waals surface area contributed by atoms with Gasteiger partial charge in [0, 0.05) is 6.07 Å². The predicted molar refractivity (Wildman–Crippen MR) is 41.4 cm³/mol. The Morgan fingerprint density at radius 2 is 2.00 bits per heavy atom. The fourth-order valence-corrected chi connectivity index (χ4v) is 0.426. The van der Waals surface area contributed by atoms with E-state index in [0.29, 0.717) is 5.22 Å². The van der Waals surface area contributed by atoms with Gasteiger partial charge >= 0.3 is 11.9 Å². The summed E-state index contributed by atoms with van der Waals surface area (Å²) in [5.41, 5.74) is 0. The molecule has 7 heteroatoms. The van der Waals surface area contributed by atoms with Crippen molar-refractivity contribution in [3.05, 3.63) is 17.5 Å². The summed E-state index contributed by atoms with van der Waals surface area (Å²) in [5.74, 6) is -2.62. The summed E-state index contributed by atoms with van der Waals surface area (Å²) >= 11 is 5.23. The van der Waals surface area contributed by atoms with Gasteiger partial charge in [0.2, 0.25) is 5.22 Å². The molecule has 6 nitrogen and oxygen atoms in total. The molecule has 0 radical (unpaired) electrons. The number of rotatable bonds is 2. The van der Waals surface area contributed by atoms with Crippen LogP contribution in [0.25, 0.3) is 0 Å². The maximum atomic E-state index is 9.43. The minimum atomic E-state index is -1.31. The highest BCUT2D eigenvalue weighted by molar-refractivity contribution is 6.28. The fourth-order valence-electron chi connectivity index (χ4n) is 0.330. The summed E-state index contributed by atoms with van der Waals surface area (Å²) in [4.78, 5) is 18.9. The molecule has 0 spiro atoms. The molecule has 0 aromatic carbocycles. The first kappa shape index (κ1) is 11.4. The lowest BCUT2D eigenvalue weighted by molar-refractivity contribution is -0.147. The van der Waals surface area contributed by atoms with Crippen LogP contribution in [0.4, 0.5) is 0 Å². The Hall–Kier alpha value is -1.56. The average molecular weight is 208 g/mol. The number of carboxylic acid groups (broad SMARTS) is 2. The second kappa shape index (κ2) is 6.01. The molecule has 0 fully saturated rings. The highest BCUT2D eigenvalue weighted by Crippen LogP contribution is 2.01. The first-order valence-corrected chi connectivity index (χ1v) is 3.40. The third-order valence-corrected chi connectivity index (χ3v) is 0.904. The number of hydrogen-bond acceptors (Lipinski definition) is 4. The van der Waals surface area contributed by atoms with Gasteiger partial charge in [-0.2, -0.15) is 0 Å². The van der Waals surface area contributed by atoms with Crippen molar-refractivity contribution < 1.29 is 24.3 Å². The molecule has 2 N–H and O–H groups in total. The number of carboxylic acids is 2. The molecule has 0 bridgehead atoms. The fraction of sp³-hybridized carbons (Fsp3) is 0.167. The quantitative estimate of drug-likeness (QED) is 0.698. The van der Waals surface area contributed by atoms with Gasteiger partial charge in [-0.25, -0.2) is 0 Å². The number of aliphatic carboxylic acids is 2. The number of carbonyl (C=O) groups is 2. The highest BCUT2D eigenvalue weighted by atomic mass is 35.5. The van der Waals surface area contributed by atoms with Crippen molar-refractivity contribution in [3.63, 3.8) is 0 Å². The molecule has 1 aromatic heterocycles. The first-order chi connectivity index (χ1) is 6.02. The van der Waals surface area contributed by atoms with Crippen LogP contribution in [0.2, 0.25) is 5.22 Å². The van der Waals surface area contributed by atoms with E-state index in [2.05, 4.69) is 9.68 Å². The molecule has 1 heterocycles. The van der Waals surface area contributed by atoms with Crippen LogP contribution < -0.4 is 0 Å². The molecule has 1 aromatic rings. The van der Waals surface area contributed by atoms with Gasteiger partial charge < -0.3 is 14.7 Å². The predicted octanol–water partition coefficient (Wildman–Crippen LogP) is 0.874. The Morgan fingerprint density at radius 3 is 2.08 bits per heavy atom. The number of aromatic nitrogens is 1. The smallest absolute Gasteiger partial charge is 0.314 e. The van der Waals surface area contributed by atoms with Gasteiger partial charge in [0.05, 0.1) is 6.20 Å². The van der Waals surface area contributed by atoms with Gasteiger partial charge in [-0.05, 0) is 11.6 Å².